The lowest BCUT2D eigenvalue weighted by Crippen LogP contribution is -2.29. The van der Waals surface area contributed by atoms with Crippen LogP contribution >= 0.6 is 0 Å². The van der Waals surface area contributed by atoms with Gasteiger partial charge in [-0.3, -0.25) is 4.99 Å². The van der Waals surface area contributed by atoms with Crippen molar-refractivity contribution >= 4 is 5.90 Å². The molecule has 1 aliphatic heterocycles. The van der Waals surface area contributed by atoms with Gasteiger partial charge in [0.15, 0.2) is 5.90 Å². The van der Waals surface area contributed by atoms with Gasteiger partial charge in [-0.15, -0.1) is 0 Å². The van der Waals surface area contributed by atoms with Crippen molar-refractivity contribution in [2.45, 2.75) is 32.1 Å². The van der Waals surface area contributed by atoms with Gasteiger partial charge in [-0.1, -0.05) is 12.8 Å². The third-order valence-corrected chi connectivity index (χ3v) is 3.24. The molecular weight excluding hydrogens is 150 g/mol. The number of nitrogens with zero attached hydrogens (tertiary/aromatic N) is 1. The molecule has 0 saturated heterocycles. The first-order chi connectivity index (χ1) is 5.90. The smallest absolute Gasteiger partial charge is 0.183 e. The molecule has 0 aromatic rings. The highest BCUT2D eigenvalue weighted by Gasteiger charge is 2.29. The first-order valence-electron chi connectivity index (χ1n) is 4.97. The molecule has 2 nitrogen and oxygen atoms in total. The van der Waals surface area contributed by atoms with Gasteiger partial charge in [-0.2, -0.15) is 0 Å². The van der Waals surface area contributed by atoms with Gasteiger partial charge in [0.2, 0.25) is 0 Å². The van der Waals surface area contributed by atoms with Gasteiger partial charge in [0.25, 0.3) is 0 Å². The zero-order chi connectivity index (χ0) is 8.39. The second kappa shape index (κ2) is 3.46. The topological polar surface area (TPSA) is 21.6 Å². The molecule has 0 N–H and O–H groups in total. The predicted molar refractivity (Wildman–Crippen MR) is 49.4 cm³/mol. The van der Waals surface area contributed by atoms with E-state index in [2.05, 4.69) is 4.99 Å². The van der Waals surface area contributed by atoms with Crippen molar-refractivity contribution in [3.8, 4) is 0 Å². The monoisotopic (exact) mass is 167 g/mol. The summed E-state index contributed by atoms with van der Waals surface area (Å²) in [6.45, 7) is 1.02. The first kappa shape index (κ1) is 8.09. The molecule has 0 spiro atoms. The van der Waals surface area contributed by atoms with E-state index in [4.69, 9.17) is 4.74 Å². The lowest BCUT2D eigenvalue weighted by molar-refractivity contribution is 0.221. The van der Waals surface area contributed by atoms with E-state index in [1.165, 1.54) is 25.7 Å². The number of fused-ring (bicyclic) bond motifs is 1. The van der Waals surface area contributed by atoms with Crippen LogP contribution < -0.4 is 0 Å². The summed E-state index contributed by atoms with van der Waals surface area (Å²) >= 11 is 0. The summed E-state index contributed by atoms with van der Waals surface area (Å²) in [4.78, 5) is 4.43. The maximum atomic E-state index is 5.19. The second-order valence-electron chi connectivity index (χ2n) is 3.95. The Morgan fingerprint density at radius 2 is 2.00 bits per heavy atom. The van der Waals surface area contributed by atoms with E-state index in [9.17, 15) is 0 Å². The third-order valence-electron chi connectivity index (χ3n) is 3.24. The van der Waals surface area contributed by atoms with Crippen LogP contribution in [-0.2, 0) is 4.74 Å². The molecule has 0 amide bonds. The Balaban J connectivity index is 2.00. The van der Waals surface area contributed by atoms with Gasteiger partial charge >= 0.3 is 0 Å². The molecule has 0 aromatic heterocycles. The van der Waals surface area contributed by atoms with Crippen LogP contribution in [0.1, 0.15) is 32.1 Å². The van der Waals surface area contributed by atoms with Crippen LogP contribution in [0, 0.1) is 11.8 Å². The zero-order valence-electron chi connectivity index (χ0n) is 7.75. The summed E-state index contributed by atoms with van der Waals surface area (Å²) in [5.41, 5.74) is 0. The summed E-state index contributed by atoms with van der Waals surface area (Å²) < 4.78 is 5.19. The minimum atomic E-state index is 0.873. The van der Waals surface area contributed by atoms with Gasteiger partial charge in [-0.05, 0) is 24.7 Å². The van der Waals surface area contributed by atoms with E-state index in [1.54, 1.807) is 7.11 Å². The number of methoxy groups -OCH3 is 1. The van der Waals surface area contributed by atoms with Gasteiger partial charge in [0, 0.05) is 13.0 Å². The minimum absolute atomic E-state index is 0.873. The Morgan fingerprint density at radius 1 is 1.25 bits per heavy atom. The van der Waals surface area contributed by atoms with E-state index in [-0.39, 0.29) is 0 Å². The molecule has 0 bridgehead atoms. The van der Waals surface area contributed by atoms with Crippen molar-refractivity contribution in [2.75, 3.05) is 13.7 Å². The number of ether oxygens (including phenoxy) is 1. The number of hydrogen-bond acceptors (Lipinski definition) is 2. The first-order valence-corrected chi connectivity index (χ1v) is 4.97. The largest absolute Gasteiger partial charge is 0.484 e. The molecule has 1 aliphatic carbocycles. The normalized spacial score (nSPS) is 35.2. The van der Waals surface area contributed by atoms with Gasteiger partial charge < -0.3 is 4.74 Å². The Morgan fingerprint density at radius 3 is 2.75 bits per heavy atom. The average molecular weight is 167 g/mol. The molecule has 0 aromatic carbocycles. The third kappa shape index (κ3) is 1.47. The average Bonchev–Trinajstić information content (AvgIpc) is 2.17. The number of rotatable bonds is 0. The van der Waals surface area contributed by atoms with E-state index < -0.39 is 0 Å². The summed E-state index contributed by atoms with van der Waals surface area (Å²) in [5, 5.41) is 0. The van der Waals surface area contributed by atoms with E-state index in [1.807, 2.05) is 0 Å². The highest BCUT2D eigenvalue weighted by atomic mass is 16.5. The highest BCUT2D eigenvalue weighted by molar-refractivity contribution is 5.76. The molecule has 2 heteroatoms. The zero-order valence-corrected chi connectivity index (χ0v) is 7.75. The fourth-order valence-corrected chi connectivity index (χ4v) is 2.45. The van der Waals surface area contributed by atoms with Crippen molar-refractivity contribution in [3.05, 3.63) is 0 Å². The molecule has 2 rings (SSSR count). The van der Waals surface area contributed by atoms with Crippen molar-refractivity contribution in [2.24, 2.45) is 16.8 Å². The molecule has 2 aliphatic rings. The fourth-order valence-electron chi connectivity index (χ4n) is 2.45. The summed E-state index contributed by atoms with van der Waals surface area (Å²) in [5.74, 6) is 2.74. The minimum Gasteiger partial charge on any atom is -0.484 e. The van der Waals surface area contributed by atoms with Crippen LogP contribution in [0.5, 0.6) is 0 Å². The predicted octanol–water partition coefficient (Wildman–Crippen LogP) is 2.24. The number of aliphatic imine (C=N–C) groups is 1. The Hall–Kier alpha value is -0.530. The summed E-state index contributed by atoms with van der Waals surface area (Å²) in [6, 6.07) is 0. The summed E-state index contributed by atoms with van der Waals surface area (Å²) in [6.07, 6.45) is 6.72. The van der Waals surface area contributed by atoms with Crippen LogP contribution in [0.15, 0.2) is 4.99 Å². The quantitative estimate of drug-likeness (QED) is 0.542. The maximum absolute atomic E-state index is 5.19. The van der Waals surface area contributed by atoms with Crippen LogP contribution in [0.25, 0.3) is 0 Å². The van der Waals surface area contributed by atoms with Crippen molar-refractivity contribution in [1.29, 1.82) is 0 Å². The van der Waals surface area contributed by atoms with Crippen molar-refractivity contribution in [1.82, 2.24) is 0 Å². The van der Waals surface area contributed by atoms with Gasteiger partial charge in [0.1, 0.15) is 0 Å². The molecule has 1 saturated carbocycles. The summed E-state index contributed by atoms with van der Waals surface area (Å²) in [7, 11) is 1.74. The van der Waals surface area contributed by atoms with Crippen molar-refractivity contribution in [3.63, 3.8) is 0 Å². The highest BCUT2D eigenvalue weighted by Crippen LogP contribution is 2.35. The van der Waals surface area contributed by atoms with E-state index in [0.29, 0.717) is 0 Å². The molecule has 12 heavy (non-hydrogen) atoms. The number of hydrogen-bond donors (Lipinski definition) is 0. The van der Waals surface area contributed by atoms with E-state index >= 15 is 0 Å². The Labute approximate surface area is 74.0 Å². The molecule has 2 atom stereocenters. The van der Waals surface area contributed by atoms with Crippen LogP contribution in [0.3, 0.4) is 0 Å². The lowest BCUT2D eigenvalue weighted by Gasteiger charge is -2.33. The molecule has 1 heterocycles. The lowest BCUT2D eigenvalue weighted by atomic mass is 9.76. The van der Waals surface area contributed by atoms with Crippen LogP contribution in [0.2, 0.25) is 0 Å². The molecule has 2 unspecified atom stereocenters. The molecule has 1 fully saturated rings. The fraction of sp³-hybridized carbons (Fsp3) is 0.900. The molecule has 68 valence electrons. The van der Waals surface area contributed by atoms with Crippen molar-refractivity contribution < 1.29 is 4.74 Å². The standard InChI is InChI=1S/C10H17NO/c1-12-10-6-8-4-2-3-5-9(8)7-11-10/h8-9H,2-7H2,1H3. The van der Waals surface area contributed by atoms with Crippen LogP contribution in [-0.4, -0.2) is 19.6 Å². The van der Waals surface area contributed by atoms with Gasteiger partial charge in [0.05, 0.1) is 7.11 Å². The maximum Gasteiger partial charge on any atom is 0.183 e. The SMILES string of the molecule is COC1=NCC2CCCCC2C1. The Kier molecular flexibility index (Phi) is 2.33. The van der Waals surface area contributed by atoms with Crippen LogP contribution in [0.4, 0.5) is 0 Å². The Bertz CT molecular complexity index is 188. The van der Waals surface area contributed by atoms with Gasteiger partial charge in [-0.25, -0.2) is 0 Å². The second-order valence-corrected chi connectivity index (χ2v) is 3.95. The molecular formula is C10H17NO. The molecule has 0 radical (unpaired) electrons. The van der Waals surface area contributed by atoms with E-state index in [0.717, 1.165) is 30.7 Å².